The molecule has 0 saturated carbocycles. The molecule has 1 unspecified atom stereocenters. The molecular weight excluding hydrogens is 222 g/mol. The lowest BCUT2D eigenvalue weighted by molar-refractivity contribution is -0.142. The summed E-state index contributed by atoms with van der Waals surface area (Å²) < 4.78 is 9.71. The maximum absolute atomic E-state index is 11.6. The highest BCUT2D eigenvalue weighted by molar-refractivity contribution is 5.84. The molecule has 0 aliphatic rings. The number of hydrogen-bond donors (Lipinski definition) is 3. The fraction of sp³-hybridized carbons (Fsp3) is 0.273. The number of nitrogens with two attached hydrogens (primary N) is 1. The van der Waals surface area contributed by atoms with Crippen LogP contribution in [0.15, 0.2) is 24.3 Å². The fourth-order valence-corrected chi connectivity index (χ4v) is 1.37. The number of benzene rings is 1. The molecule has 0 aromatic heterocycles. The van der Waals surface area contributed by atoms with Crippen molar-refractivity contribution in [1.29, 1.82) is 5.41 Å². The summed E-state index contributed by atoms with van der Waals surface area (Å²) in [7, 11) is 2.81. The molecule has 4 N–H and O–H groups in total. The van der Waals surface area contributed by atoms with Gasteiger partial charge in [0, 0.05) is 0 Å². The van der Waals surface area contributed by atoms with E-state index in [2.05, 4.69) is 10.1 Å². The predicted octanol–water partition coefficient (Wildman–Crippen LogP) is 0.392. The molecule has 1 aromatic rings. The highest BCUT2D eigenvalue weighted by atomic mass is 16.5. The predicted molar refractivity (Wildman–Crippen MR) is 62.8 cm³/mol. The van der Waals surface area contributed by atoms with Crippen molar-refractivity contribution in [2.24, 2.45) is 5.73 Å². The van der Waals surface area contributed by atoms with Gasteiger partial charge in [-0.2, -0.15) is 0 Å². The van der Waals surface area contributed by atoms with E-state index in [1.54, 1.807) is 24.3 Å². The second-order valence-electron chi connectivity index (χ2n) is 3.29. The van der Waals surface area contributed by atoms with E-state index in [-0.39, 0.29) is 5.96 Å². The van der Waals surface area contributed by atoms with E-state index in [0.717, 1.165) is 0 Å². The van der Waals surface area contributed by atoms with Gasteiger partial charge in [-0.25, -0.2) is 4.79 Å². The summed E-state index contributed by atoms with van der Waals surface area (Å²) in [5.74, 6) is -0.210. The van der Waals surface area contributed by atoms with Crippen LogP contribution in [-0.4, -0.2) is 26.1 Å². The van der Waals surface area contributed by atoms with Gasteiger partial charge in [0.1, 0.15) is 5.75 Å². The molecule has 0 bridgehead atoms. The van der Waals surface area contributed by atoms with Crippen molar-refractivity contribution in [3.8, 4) is 5.75 Å². The first-order valence-electron chi connectivity index (χ1n) is 4.90. The van der Waals surface area contributed by atoms with Gasteiger partial charge in [-0.1, -0.05) is 12.1 Å². The minimum Gasteiger partial charge on any atom is -0.497 e. The Morgan fingerprint density at radius 2 is 2.18 bits per heavy atom. The van der Waals surface area contributed by atoms with Crippen molar-refractivity contribution in [3.63, 3.8) is 0 Å². The molecular formula is C11H15N3O3. The summed E-state index contributed by atoms with van der Waals surface area (Å²) in [6.07, 6.45) is 0. The SMILES string of the molecule is COC(=O)C(NC(=N)N)c1cccc(OC)c1. The normalized spacial score (nSPS) is 11.4. The van der Waals surface area contributed by atoms with E-state index in [9.17, 15) is 4.79 Å². The minimum absolute atomic E-state index is 0.303. The quantitative estimate of drug-likeness (QED) is 0.400. The van der Waals surface area contributed by atoms with Crippen LogP contribution in [-0.2, 0) is 9.53 Å². The van der Waals surface area contributed by atoms with Crippen LogP contribution in [0.2, 0.25) is 0 Å². The molecule has 1 atom stereocenters. The number of carbonyl (C=O) groups is 1. The van der Waals surface area contributed by atoms with Crippen molar-refractivity contribution < 1.29 is 14.3 Å². The maximum atomic E-state index is 11.6. The molecule has 17 heavy (non-hydrogen) atoms. The van der Waals surface area contributed by atoms with Gasteiger partial charge in [-0.15, -0.1) is 0 Å². The van der Waals surface area contributed by atoms with Gasteiger partial charge in [-0.05, 0) is 17.7 Å². The van der Waals surface area contributed by atoms with E-state index in [1.807, 2.05) is 0 Å². The van der Waals surface area contributed by atoms with Crippen molar-refractivity contribution in [1.82, 2.24) is 5.32 Å². The molecule has 0 spiro atoms. The third-order valence-electron chi connectivity index (χ3n) is 2.16. The summed E-state index contributed by atoms with van der Waals surface area (Å²) in [6.45, 7) is 0. The first-order valence-corrected chi connectivity index (χ1v) is 4.90. The number of esters is 1. The Bertz CT molecular complexity index is 420. The van der Waals surface area contributed by atoms with Gasteiger partial charge in [0.25, 0.3) is 0 Å². The van der Waals surface area contributed by atoms with Gasteiger partial charge in [0.05, 0.1) is 14.2 Å². The Hall–Kier alpha value is -2.24. The third kappa shape index (κ3) is 3.37. The molecule has 0 fully saturated rings. The highest BCUT2D eigenvalue weighted by Crippen LogP contribution is 2.19. The monoisotopic (exact) mass is 237 g/mol. The summed E-state index contributed by atoms with van der Waals surface area (Å²) in [5.41, 5.74) is 5.84. The van der Waals surface area contributed by atoms with Crippen LogP contribution in [0.25, 0.3) is 0 Å². The number of hydrogen-bond acceptors (Lipinski definition) is 4. The molecule has 92 valence electrons. The molecule has 0 saturated heterocycles. The molecule has 0 aliphatic carbocycles. The first kappa shape index (κ1) is 12.8. The molecule has 1 aromatic carbocycles. The zero-order valence-electron chi connectivity index (χ0n) is 9.69. The second-order valence-corrected chi connectivity index (χ2v) is 3.29. The molecule has 0 aliphatic heterocycles. The summed E-state index contributed by atoms with van der Waals surface area (Å²) in [5, 5.41) is 9.70. The van der Waals surface area contributed by atoms with Crippen LogP contribution in [0, 0.1) is 5.41 Å². The lowest BCUT2D eigenvalue weighted by Crippen LogP contribution is -2.38. The number of ether oxygens (including phenoxy) is 2. The number of guanidine groups is 1. The largest absolute Gasteiger partial charge is 0.497 e. The maximum Gasteiger partial charge on any atom is 0.333 e. The number of methoxy groups -OCH3 is 2. The first-order chi connectivity index (χ1) is 8.08. The number of nitrogens with one attached hydrogen (secondary N) is 2. The van der Waals surface area contributed by atoms with E-state index in [0.29, 0.717) is 11.3 Å². The molecule has 1 rings (SSSR count). The zero-order valence-corrected chi connectivity index (χ0v) is 9.69. The Morgan fingerprint density at radius 1 is 1.47 bits per heavy atom. The lowest BCUT2D eigenvalue weighted by atomic mass is 10.1. The average Bonchev–Trinajstić information content (AvgIpc) is 2.35. The van der Waals surface area contributed by atoms with Gasteiger partial charge in [-0.3, -0.25) is 5.41 Å². The van der Waals surface area contributed by atoms with Crippen LogP contribution in [0.5, 0.6) is 5.75 Å². The van der Waals surface area contributed by atoms with Crippen LogP contribution in [0.4, 0.5) is 0 Å². The van der Waals surface area contributed by atoms with E-state index >= 15 is 0 Å². The molecule has 0 radical (unpaired) electrons. The van der Waals surface area contributed by atoms with Gasteiger partial charge in [0.15, 0.2) is 12.0 Å². The molecule has 0 heterocycles. The van der Waals surface area contributed by atoms with Gasteiger partial charge in [0.2, 0.25) is 0 Å². The van der Waals surface area contributed by atoms with E-state index < -0.39 is 12.0 Å². The smallest absolute Gasteiger partial charge is 0.333 e. The van der Waals surface area contributed by atoms with E-state index in [4.69, 9.17) is 15.9 Å². The zero-order chi connectivity index (χ0) is 12.8. The summed E-state index contributed by atoms with van der Waals surface area (Å²) >= 11 is 0. The lowest BCUT2D eigenvalue weighted by Gasteiger charge is -2.17. The average molecular weight is 237 g/mol. The highest BCUT2D eigenvalue weighted by Gasteiger charge is 2.21. The Labute approximate surface area is 99.2 Å². The standard InChI is InChI=1S/C11H15N3O3/c1-16-8-5-3-4-7(6-8)9(10(15)17-2)14-11(12)13/h3-6,9H,1-2H3,(H4,12,13,14). The second kappa shape index (κ2) is 5.74. The minimum atomic E-state index is -0.812. The fourth-order valence-electron chi connectivity index (χ4n) is 1.37. The van der Waals surface area contributed by atoms with Crippen LogP contribution in [0.3, 0.4) is 0 Å². The van der Waals surface area contributed by atoms with Crippen molar-refractivity contribution in [2.75, 3.05) is 14.2 Å². The van der Waals surface area contributed by atoms with Crippen LogP contribution in [0.1, 0.15) is 11.6 Å². The Kier molecular flexibility index (Phi) is 4.33. The summed E-state index contributed by atoms with van der Waals surface area (Å²) in [4.78, 5) is 11.6. The molecule has 6 nitrogen and oxygen atoms in total. The van der Waals surface area contributed by atoms with E-state index in [1.165, 1.54) is 14.2 Å². The van der Waals surface area contributed by atoms with Crippen molar-refractivity contribution in [3.05, 3.63) is 29.8 Å². The molecule has 6 heteroatoms. The number of carbonyl (C=O) groups excluding carboxylic acids is 1. The Balaban J connectivity index is 3.02. The van der Waals surface area contributed by atoms with Crippen LogP contribution < -0.4 is 15.8 Å². The number of rotatable bonds is 4. The topological polar surface area (TPSA) is 97.4 Å². The van der Waals surface area contributed by atoms with Crippen molar-refractivity contribution in [2.45, 2.75) is 6.04 Å². The Morgan fingerprint density at radius 3 is 2.71 bits per heavy atom. The van der Waals surface area contributed by atoms with Gasteiger partial charge < -0.3 is 20.5 Å². The van der Waals surface area contributed by atoms with Crippen molar-refractivity contribution >= 4 is 11.9 Å². The van der Waals surface area contributed by atoms with Crippen LogP contribution >= 0.6 is 0 Å². The molecule has 0 amide bonds. The summed E-state index contributed by atoms with van der Waals surface area (Å²) in [6, 6.07) is 6.09. The van der Waals surface area contributed by atoms with Gasteiger partial charge >= 0.3 is 5.97 Å². The third-order valence-corrected chi connectivity index (χ3v) is 2.16.